The number of hydrogen-bond acceptors (Lipinski definition) is 5. The summed E-state index contributed by atoms with van der Waals surface area (Å²) in [4.78, 5) is 0. The van der Waals surface area contributed by atoms with Gasteiger partial charge in [0.2, 0.25) is 10.0 Å². The Labute approximate surface area is 131 Å². The largest absolute Gasteiger partial charge is 0.381 e. The van der Waals surface area contributed by atoms with Crippen LogP contribution in [-0.4, -0.2) is 61.2 Å². The summed E-state index contributed by atoms with van der Waals surface area (Å²) >= 11 is 0. The number of sulfonamides is 1. The van der Waals surface area contributed by atoms with E-state index in [1.165, 1.54) is 0 Å². The minimum Gasteiger partial charge on any atom is -0.381 e. The van der Waals surface area contributed by atoms with Crippen LogP contribution in [0, 0.1) is 5.92 Å². The second-order valence-electron chi connectivity index (χ2n) is 5.85. The normalized spacial score (nSPS) is 27.3. The summed E-state index contributed by atoms with van der Waals surface area (Å²) in [5.74, 6) is 0.294. The average molecular weight is 329 g/mol. The molecule has 7 nitrogen and oxygen atoms in total. The van der Waals surface area contributed by atoms with Crippen LogP contribution in [0.3, 0.4) is 0 Å². The van der Waals surface area contributed by atoms with Crippen LogP contribution in [0.1, 0.15) is 25.0 Å². The van der Waals surface area contributed by atoms with Gasteiger partial charge in [-0.05, 0) is 19.3 Å². The van der Waals surface area contributed by atoms with Crippen molar-refractivity contribution in [1.82, 2.24) is 14.1 Å². The molecule has 2 fully saturated rings. The van der Waals surface area contributed by atoms with Crippen molar-refractivity contribution in [2.45, 2.75) is 26.0 Å². The molecule has 0 unspecified atom stereocenters. The van der Waals surface area contributed by atoms with Gasteiger partial charge in [-0.3, -0.25) is 4.68 Å². The van der Waals surface area contributed by atoms with Crippen molar-refractivity contribution in [2.75, 3.05) is 38.7 Å². The van der Waals surface area contributed by atoms with E-state index in [4.69, 9.17) is 9.47 Å². The zero-order valence-corrected chi connectivity index (χ0v) is 13.7. The molecule has 0 bridgehead atoms. The molecule has 124 valence electrons. The lowest BCUT2D eigenvalue weighted by molar-refractivity contribution is -0.00269. The quantitative estimate of drug-likeness (QED) is 0.793. The fraction of sp³-hybridized carbons (Fsp3) is 0.786. The number of hydrogen-bond donors (Lipinski definition) is 0. The average Bonchev–Trinajstić information content (AvgIpc) is 3.18. The third-order valence-electron chi connectivity index (χ3n) is 4.24. The van der Waals surface area contributed by atoms with Gasteiger partial charge in [-0.15, -0.1) is 0 Å². The van der Waals surface area contributed by atoms with Crippen molar-refractivity contribution in [1.29, 1.82) is 0 Å². The van der Waals surface area contributed by atoms with E-state index in [-0.39, 0.29) is 17.8 Å². The number of rotatable bonds is 5. The molecule has 1 aromatic rings. The van der Waals surface area contributed by atoms with Crippen LogP contribution in [0.25, 0.3) is 0 Å². The molecule has 3 rings (SSSR count). The second kappa shape index (κ2) is 6.66. The molecule has 3 heterocycles. The highest BCUT2D eigenvalue weighted by atomic mass is 32.2. The standard InChI is InChI=1S/C14H23N3O4S/c1-2-16-8-13(7-15-16)14-9-17(4-6-21-14)22(18,19)11-12-3-5-20-10-12/h7-8,12,14H,2-6,9-11H2,1H3/t12-,14+/m0/s1. The van der Waals surface area contributed by atoms with Crippen molar-refractivity contribution in [2.24, 2.45) is 5.92 Å². The number of nitrogens with zero attached hydrogens (tertiary/aromatic N) is 3. The Hall–Kier alpha value is -0.960. The van der Waals surface area contributed by atoms with Gasteiger partial charge in [-0.2, -0.15) is 9.40 Å². The molecule has 2 aliphatic rings. The van der Waals surface area contributed by atoms with E-state index in [0.717, 1.165) is 18.5 Å². The molecule has 0 amide bonds. The van der Waals surface area contributed by atoms with Gasteiger partial charge >= 0.3 is 0 Å². The van der Waals surface area contributed by atoms with Crippen LogP contribution in [0.15, 0.2) is 12.4 Å². The Morgan fingerprint density at radius 3 is 2.95 bits per heavy atom. The topological polar surface area (TPSA) is 73.7 Å². The molecule has 0 saturated carbocycles. The van der Waals surface area contributed by atoms with E-state index in [9.17, 15) is 8.42 Å². The van der Waals surface area contributed by atoms with E-state index in [1.54, 1.807) is 10.5 Å². The molecule has 0 aromatic carbocycles. The first-order chi connectivity index (χ1) is 10.6. The van der Waals surface area contributed by atoms with E-state index in [0.29, 0.717) is 32.9 Å². The maximum absolute atomic E-state index is 12.6. The predicted octanol–water partition coefficient (Wildman–Crippen LogP) is 0.643. The highest BCUT2D eigenvalue weighted by Gasteiger charge is 2.33. The van der Waals surface area contributed by atoms with E-state index >= 15 is 0 Å². The lowest BCUT2D eigenvalue weighted by Crippen LogP contribution is -2.44. The number of aryl methyl sites for hydroxylation is 1. The predicted molar refractivity (Wildman–Crippen MR) is 80.9 cm³/mol. The molecule has 22 heavy (non-hydrogen) atoms. The summed E-state index contributed by atoms with van der Waals surface area (Å²) in [6, 6.07) is 0. The highest BCUT2D eigenvalue weighted by molar-refractivity contribution is 7.89. The zero-order valence-electron chi connectivity index (χ0n) is 12.8. The molecule has 0 aliphatic carbocycles. The number of ether oxygens (including phenoxy) is 2. The molecule has 0 N–H and O–H groups in total. The monoisotopic (exact) mass is 329 g/mol. The molecule has 1 aromatic heterocycles. The molecule has 0 spiro atoms. The van der Waals surface area contributed by atoms with Gasteiger partial charge < -0.3 is 9.47 Å². The lowest BCUT2D eigenvalue weighted by Gasteiger charge is -2.32. The van der Waals surface area contributed by atoms with Crippen molar-refractivity contribution >= 4 is 10.0 Å². The smallest absolute Gasteiger partial charge is 0.214 e. The fourth-order valence-electron chi connectivity index (χ4n) is 2.92. The summed E-state index contributed by atoms with van der Waals surface area (Å²) in [6.07, 6.45) is 4.28. The van der Waals surface area contributed by atoms with Gasteiger partial charge in [0, 0.05) is 38.0 Å². The zero-order chi connectivity index (χ0) is 15.6. The van der Waals surface area contributed by atoms with Crippen LogP contribution in [0.5, 0.6) is 0 Å². The van der Waals surface area contributed by atoms with Crippen LogP contribution in [0.4, 0.5) is 0 Å². The Morgan fingerprint density at radius 2 is 2.27 bits per heavy atom. The maximum atomic E-state index is 12.6. The lowest BCUT2D eigenvalue weighted by atomic mass is 10.2. The van der Waals surface area contributed by atoms with Gasteiger partial charge in [-0.25, -0.2) is 8.42 Å². The summed E-state index contributed by atoms with van der Waals surface area (Å²) in [5.41, 5.74) is 0.936. The first-order valence-electron chi connectivity index (χ1n) is 7.78. The number of aromatic nitrogens is 2. The maximum Gasteiger partial charge on any atom is 0.214 e. The molecular weight excluding hydrogens is 306 g/mol. The molecule has 0 radical (unpaired) electrons. The third kappa shape index (κ3) is 3.51. The summed E-state index contributed by atoms with van der Waals surface area (Å²) in [6.45, 7) is 5.23. The Morgan fingerprint density at radius 1 is 1.41 bits per heavy atom. The van der Waals surface area contributed by atoms with Gasteiger partial charge in [0.05, 0.1) is 31.3 Å². The fourth-order valence-corrected chi connectivity index (χ4v) is 4.70. The van der Waals surface area contributed by atoms with Crippen LogP contribution < -0.4 is 0 Å². The van der Waals surface area contributed by atoms with E-state index in [1.807, 2.05) is 17.8 Å². The SMILES string of the molecule is CCn1cc([C@H]2CN(S(=O)(=O)C[C@H]3CCOC3)CCO2)cn1. The Kier molecular flexibility index (Phi) is 4.82. The second-order valence-corrected chi connectivity index (χ2v) is 7.87. The van der Waals surface area contributed by atoms with Crippen LogP contribution in [0.2, 0.25) is 0 Å². The number of morpholine rings is 1. The Balaban J connectivity index is 1.66. The third-order valence-corrected chi connectivity index (χ3v) is 6.25. The molecule has 2 aliphatic heterocycles. The van der Waals surface area contributed by atoms with Crippen molar-refractivity contribution < 1.29 is 17.9 Å². The van der Waals surface area contributed by atoms with Gasteiger partial charge in [-0.1, -0.05) is 0 Å². The van der Waals surface area contributed by atoms with E-state index < -0.39 is 10.0 Å². The van der Waals surface area contributed by atoms with E-state index in [2.05, 4.69) is 5.10 Å². The minimum absolute atomic E-state index is 0.120. The summed E-state index contributed by atoms with van der Waals surface area (Å²) < 4.78 is 39.5. The minimum atomic E-state index is -3.26. The first kappa shape index (κ1) is 15.9. The van der Waals surface area contributed by atoms with Crippen molar-refractivity contribution in [3.05, 3.63) is 18.0 Å². The van der Waals surface area contributed by atoms with Crippen LogP contribution in [-0.2, 0) is 26.0 Å². The molecule has 8 heteroatoms. The Bertz CT molecular complexity index is 595. The first-order valence-corrected chi connectivity index (χ1v) is 9.39. The van der Waals surface area contributed by atoms with Crippen LogP contribution >= 0.6 is 0 Å². The highest BCUT2D eigenvalue weighted by Crippen LogP contribution is 2.25. The van der Waals surface area contributed by atoms with Crippen molar-refractivity contribution in [3.63, 3.8) is 0 Å². The van der Waals surface area contributed by atoms with Gasteiger partial charge in [0.25, 0.3) is 0 Å². The van der Waals surface area contributed by atoms with Crippen molar-refractivity contribution in [3.8, 4) is 0 Å². The van der Waals surface area contributed by atoms with Gasteiger partial charge in [0.15, 0.2) is 0 Å². The molecule has 2 saturated heterocycles. The van der Waals surface area contributed by atoms with Gasteiger partial charge in [0.1, 0.15) is 0 Å². The summed E-state index contributed by atoms with van der Waals surface area (Å²) in [5, 5.41) is 4.23. The molecular formula is C14H23N3O4S. The molecule has 2 atom stereocenters. The summed E-state index contributed by atoms with van der Waals surface area (Å²) in [7, 11) is -3.26.